The molecule has 1 amide bonds. The Kier molecular flexibility index (Phi) is 6.90. The van der Waals surface area contributed by atoms with Crippen molar-refractivity contribution in [2.75, 3.05) is 26.2 Å². The molecule has 2 N–H and O–H groups in total. The standard InChI is InChI=1S/C26H24N2O8S/c1-12-10-15(7-9-17(12)34-3)21(30)19-20(14-6-8-16(29)18(11-14)35-4)28(24(32)22(19)31)26-27-13(2)23(37-26)25(33)36-5/h6-11,20,29-30H,1-5H3/b21-19+. The smallest absolute Gasteiger partial charge is 0.350 e. The number of amides is 1. The molecule has 0 aliphatic carbocycles. The van der Waals surface area contributed by atoms with Gasteiger partial charge in [0, 0.05) is 5.56 Å². The van der Waals surface area contributed by atoms with Crippen LogP contribution in [0.3, 0.4) is 0 Å². The van der Waals surface area contributed by atoms with Gasteiger partial charge >= 0.3 is 11.9 Å². The van der Waals surface area contributed by atoms with E-state index in [2.05, 4.69) is 4.98 Å². The molecule has 10 nitrogen and oxygen atoms in total. The number of methoxy groups -OCH3 is 3. The Labute approximate surface area is 216 Å². The predicted octanol–water partition coefficient (Wildman–Crippen LogP) is 3.90. The zero-order chi connectivity index (χ0) is 27.0. The molecule has 0 bridgehead atoms. The van der Waals surface area contributed by atoms with E-state index in [0.29, 0.717) is 28.1 Å². The van der Waals surface area contributed by atoms with Gasteiger partial charge in [0.25, 0.3) is 5.78 Å². The number of phenolic OH excluding ortho intramolecular Hbond substituents is 1. The largest absolute Gasteiger partial charge is 0.507 e. The van der Waals surface area contributed by atoms with Crippen LogP contribution in [0.15, 0.2) is 42.0 Å². The SMILES string of the molecule is COC(=O)c1sc(N2C(=O)C(=O)/C(=C(/O)c3ccc(OC)c(C)c3)C2c2ccc(O)c(OC)c2)nc1C. The van der Waals surface area contributed by atoms with Crippen molar-refractivity contribution in [2.24, 2.45) is 0 Å². The van der Waals surface area contributed by atoms with Crippen molar-refractivity contribution in [1.82, 2.24) is 4.98 Å². The Morgan fingerprint density at radius 2 is 1.73 bits per heavy atom. The number of aromatic hydroxyl groups is 1. The molecule has 1 aliphatic rings. The fourth-order valence-corrected chi connectivity index (χ4v) is 5.17. The molecule has 1 aromatic heterocycles. The number of carbonyl (C=O) groups is 3. The number of hydrogen-bond donors (Lipinski definition) is 2. The molecule has 1 atom stereocenters. The van der Waals surface area contributed by atoms with Gasteiger partial charge in [-0.3, -0.25) is 14.5 Å². The molecule has 4 rings (SSSR count). The molecule has 2 aromatic carbocycles. The molecule has 1 saturated heterocycles. The molecule has 0 radical (unpaired) electrons. The van der Waals surface area contributed by atoms with E-state index in [9.17, 15) is 24.6 Å². The second kappa shape index (κ2) is 9.94. The van der Waals surface area contributed by atoms with Crippen LogP contribution >= 0.6 is 11.3 Å². The number of aryl methyl sites for hydroxylation is 2. The van der Waals surface area contributed by atoms with Gasteiger partial charge in [-0.2, -0.15) is 0 Å². The van der Waals surface area contributed by atoms with Crippen LogP contribution in [0.4, 0.5) is 5.13 Å². The second-order valence-electron chi connectivity index (χ2n) is 8.19. The summed E-state index contributed by atoms with van der Waals surface area (Å²) in [6.07, 6.45) is 0. The van der Waals surface area contributed by atoms with Gasteiger partial charge in [-0.1, -0.05) is 17.4 Å². The van der Waals surface area contributed by atoms with Gasteiger partial charge in [0.2, 0.25) is 0 Å². The van der Waals surface area contributed by atoms with Crippen LogP contribution < -0.4 is 14.4 Å². The van der Waals surface area contributed by atoms with Crippen LogP contribution in [0.2, 0.25) is 0 Å². The average molecular weight is 525 g/mol. The first-order chi connectivity index (χ1) is 17.6. The number of ketones is 1. The first-order valence-corrected chi connectivity index (χ1v) is 11.8. The number of ether oxygens (including phenoxy) is 3. The fraction of sp³-hybridized carbons (Fsp3) is 0.231. The zero-order valence-electron chi connectivity index (χ0n) is 20.7. The van der Waals surface area contributed by atoms with Crippen LogP contribution in [0.5, 0.6) is 17.2 Å². The molecular weight excluding hydrogens is 500 g/mol. The highest BCUT2D eigenvalue weighted by Crippen LogP contribution is 2.45. The summed E-state index contributed by atoms with van der Waals surface area (Å²) in [5.41, 5.74) is 1.52. The Bertz CT molecular complexity index is 1460. The molecule has 2 heterocycles. The van der Waals surface area contributed by atoms with E-state index in [1.165, 1.54) is 39.5 Å². The number of aliphatic hydroxyl groups excluding tert-OH is 1. The van der Waals surface area contributed by atoms with Crippen LogP contribution in [0.1, 0.15) is 38.1 Å². The summed E-state index contributed by atoms with van der Waals surface area (Å²) in [6.45, 7) is 3.37. The Morgan fingerprint density at radius 3 is 2.35 bits per heavy atom. The van der Waals surface area contributed by atoms with E-state index in [1.54, 1.807) is 32.0 Å². The Hall–Kier alpha value is -4.38. The van der Waals surface area contributed by atoms with Gasteiger partial charge in [-0.15, -0.1) is 0 Å². The highest BCUT2D eigenvalue weighted by Gasteiger charge is 2.48. The maximum Gasteiger partial charge on any atom is 0.350 e. The van der Waals surface area contributed by atoms with Crippen LogP contribution in [0, 0.1) is 13.8 Å². The molecule has 1 fully saturated rings. The highest BCUT2D eigenvalue weighted by atomic mass is 32.1. The van der Waals surface area contributed by atoms with Gasteiger partial charge in [0.05, 0.1) is 38.6 Å². The summed E-state index contributed by atoms with van der Waals surface area (Å²) in [5, 5.41) is 21.5. The fourth-order valence-electron chi connectivity index (χ4n) is 4.16. The molecule has 0 spiro atoms. The normalized spacial score (nSPS) is 16.7. The molecule has 192 valence electrons. The second-order valence-corrected chi connectivity index (χ2v) is 9.16. The third-order valence-electron chi connectivity index (χ3n) is 5.99. The highest BCUT2D eigenvalue weighted by molar-refractivity contribution is 7.17. The minimum Gasteiger partial charge on any atom is -0.507 e. The summed E-state index contributed by atoms with van der Waals surface area (Å²) in [4.78, 5) is 44.6. The lowest BCUT2D eigenvalue weighted by molar-refractivity contribution is -0.132. The van der Waals surface area contributed by atoms with Gasteiger partial charge in [-0.05, 0) is 55.3 Å². The first-order valence-electron chi connectivity index (χ1n) is 11.0. The zero-order valence-corrected chi connectivity index (χ0v) is 21.5. The van der Waals surface area contributed by atoms with Crippen molar-refractivity contribution in [2.45, 2.75) is 19.9 Å². The minimum absolute atomic E-state index is 0.0713. The summed E-state index contributed by atoms with van der Waals surface area (Å²) in [6, 6.07) is 8.06. The van der Waals surface area contributed by atoms with Crippen molar-refractivity contribution < 1.29 is 38.8 Å². The summed E-state index contributed by atoms with van der Waals surface area (Å²) in [5.74, 6) is -2.35. The van der Waals surface area contributed by atoms with E-state index < -0.39 is 29.5 Å². The number of nitrogens with zero attached hydrogens (tertiary/aromatic N) is 2. The van der Waals surface area contributed by atoms with E-state index in [1.807, 2.05) is 0 Å². The van der Waals surface area contributed by atoms with Crippen molar-refractivity contribution in [3.8, 4) is 17.2 Å². The number of phenols is 1. The number of thiazole rings is 1. The molecular formula is C26H24N2O8S. The molecule has 1 aliphatic heterocycles. The van der Waals surface area contributed by atoms with Crippen LogP contribution in [-0.2, 0) is 14.3 Å². The lowest BCUT2D eigenvalue weighted by Gasteiger charge is -2.23. The van der Waals surface area contributed by atoms with Gasteiger partial charge in [0.15, 0.2) is 16.6 Å². The number of hydrogen-bond acceptors (Lipinski definition) is 10. The summed E-state index contributed by atoms with van der Waals surface area (Å²) >= 11 is 0.890. The number of anilines is 1. The van der Waals surface area contributed by atoms with E-state index >= 15 is 0 Å². The number of carbonyl (C=O) groups excluding carboxylic acids is 3. The topological polar surface area (TPSA) is 135 Å². The van der Waals surface area contributed by atoms with Gasteiger partial charge in [0.1, 0.15) is 16.4 Å². The number of esters is 1. The van der Waals surface area contributed by atoms with E-state index in [-0.39, 0.29) is 27.1 Å². The van der Waals surface area contributed by atoms with Crippen LogP contribution in [-0.4, -0.2) is 54.2 Å². The van der Waals surface area contributed by atoms with Gasteiger partial charge in [-0.25, -0.2) is 9.78 Å². The van der Waals surface area contributed by atoms with Crippen molar-refractivity contribution in [3.63, 3.8) is 0 Å². The first kappa shape index (κ1) is 25.7. The molecule has 37 heavy (non-hydrogen) atoms. The van der Waals surface area contributed by atoms with E-state index in [0.717, 1.165) is 16.2 Å². The van der Waals surface area contributed by atoms with Crippen molar-refractivity contribution >= 4 is 39.9 Å². The molecule has 0 saturated carbocycles. The predicted molar refractivity (Wildman–Crippen MR) is 135 cm³/mol. The molecule has 3 aromatic rings. The molecule has 1 unspecified atom stereocenters. The number of aliphatic hydroxyl groups is 1. The van der Waals surface area contributed by atoms with Crippen LogP contribution in [0.25, 0.3) is 5.76 Å². The lowest BCUT2D eigenvalue weighted by Crippen LogP contribution is -2.29. The Balaban J connectivity index is 1.97. The number of rotatable bonds is 6. The van der Waals surface area contributed by atoms with E-state index in [4.69, 9.17) is 14.2 Å². The summed E-state index contributed by atoms with van der Waals surface area (Å²) < 4.78 is 15.3. The maximum absolute atomic E-state index is 13.4. The number of Topliss-reactive ketones (excluding diaryl/α,β-unsaturated/α-hetero) is 1. The number of aromatic nitrogens is 1. The maximum atomic E-state index is 13.4. The monoisotopic (exact) mass is 524 g/mol. The minimum atomic E-state index is -1.13. The van der Waals surface area contributed by atoms with Crippen molar-refractivity contribution in [1.29, 1.82) is 0 Å². The van der Waals surface area contributed by atoms with Gasteiger partial charge < -0.3 is 24.4 Å². The van der Waals surface area contributed by atoms with Crippen molar-refractivity contribution in [3.05, 3.63) is 69.2 Å². The number of benzene rings is 2. The quantitative estimate of drug-likeness (QED) is 0.213. The average Bonchev–Trinajstić information content (AvgIpc) is 3.39. The Morgan fingerprint density at radius 1 is 1.03 bits per heavy atom. The third-order valence-corrected chi connectivity index (χ3v) is 7.13. The molecule has 11 heteroatoms. The lowest BCUT2D eigenvalue weighted by atomic mass is 9.94. The third kappa shape index (κ3) is 4.38. The summed E-state index contributed by atoms with van der Waals surface area (Å²) in [7, 11) is 4.11.